The summed E-state index contributed by atoms with van der Waals surface area (Å²) >= 11 is 0. The van der Waals surface area contributed by atoms with Crippen molar-refractivity contribution in [3.63, 3.8) is 0 Å². The fraction of sp³-hybridized carbons (Fsp3) is 0.529. The van der Waals surface area contributed by atoms with E-state index in [-0.39, 0.29) is 11.8 Å². The maximum atomic E-state index is 12.4. The molecular formula is C17H22N2O2. The lowest BCUT2D eigenvalue weighted by atomic mass is 10.1. The lowest BCUT2D eigenvalue weighted by Gasteiger charge is -2.35. The van der Waals surface area contributed by atoms with Crippen LogP contribution in [0, 0.1) is 12.8 Å². The van der Waals surface area contributed by atoms with Gasteiger partial charge in [-0.3, -0.25) is 9.59 Å². The second-order valence-corrected chi connectivity index (χ2v) is 6.08. The molecule has 1 saturated heterocycles. The Morgan fingerprint density at radius 3 is 2.29 bits per heavy atom. The first-order chi connectivity index (χ1) is 10.1. The highest BCUT2D eigenvalue weighted by Gasteiger charge is 2.35. The lowest BCUT2D eigenvalue weighted by molar-refractivity contribution is -0.140. The summed E-state index contributed by atoms with van der Waals surface area (Å²) in [6.07, 6.45) is 2.56. The third kappa shape index (κ3) is 3.26. The molecule has 1 saturated carbocycles. The van der Waals surface area contributed by atoms with Gasteiger partial charge in [0.15, 0.2) is 0 Å². The Bertz CT molecular complexity index is 543. The van der Waals surface area contributed by atoms with Crippen LogP contribution in [-0.2, 0) is 16.0 Å². The van der Waals surface area contributed by atoms with Crippen LogP contribution < -0.4 is 0 Å². The highest BCUT2D eigenvalue weighted by Crippen LogP contribution is 2.31. The Kier molecular flexibility index (Phi) is 3.95. The third-order valence-electron chi connectivity index (χ3n) is 4.47. The summed E-state index contributed by atoms with van der Waals surface area (Å²) < 4.78 is 0. The molecule has 3 rings (SSSR count). The van der Waals surface area contributed by atoms with Crippen LogP contribution in [0.3, 0.4) is 0 Å². The van der Waals surface area contributed by atoms with Gasteiger partial charge in [0, 0.05) is 32.1 Å². The first-order valence-corrected chi connectivity index (χ1v) is 7.76. The topological polar surface area (TPSA) is 40.6 Å². The lowest BCUT2D eigenvalue weighted by Crippen LogP contribution is -2.51. The molecule has 2 aliphatic rings. The maximum Gasteiger partial charge on any atom is 0.227 e. The molecule has 2 fully saturated rings. The molecule has 0 N–H and O–H groups in total. The van der Waals surface area contributed by atoms with E-state index >= 15 is 0 Å². The quantitative estimate of drug-likeness (QED) is 0.847. The molecule has 0 unspecified atom stereocenters. The van der Waals surface area contributed by atoms with E-state index in [2.05, 4.69) is 0 Å². The molecular weight excluding hydrogens is 264 g/mol. The Balaban J connectivity index is 1.53. The first-order valence-electron chi connectivity index (χ1n) is 7.76. The van der Waals surface area contributed by atoms with E-state index in [1.54, 1.807) is 0 Å². The predicted octanol–water partition coefficient (Wildman–Crippen LogP) is 1.62. The van der Waals surface area contributed by atoms with Crippen molar-refractivity contribution in [2.45, 2.75) is 26.2 Å². The molecule has 0 radical (unpaired) electrons. The Labute approximate surface area is 125 Å². The van der Waals surface area contributed by atoms with Gasteiger partial charge in [-0.1, -0.05) is 24.3 Å². The van der Waals surface area contributed by atoms with Crippen LogP contribution >= 0.6 is 0 Å². The van der Waals surface area contributed by atoms with Crippen LogP contribution in [0.5, 0.6) is 0 Å². The van der Waals surface area contributed by atoms with Gasteiger partial charge in [-0.25, -0.2) is 0 Å². The molecule has 112 valence electrons. The number of hydrogen-bond acceptors (Lipinski definition) is 2. The van der Waals surface area contributed by atoms with Gasteiger partial charge in [-0.15, -0.1) is 0 Å². The van der Waals surface area contributed by atoms with Crippen molar-refractivity contribution in [1.29, 1.82) is 0 Å². The van der Waals surface area contributed by atoms with E-state index in [9.17, 15) is 9.59 Å². The number of carbonyl (C=O) groups is 2. The van der Waals surface area contributed by atoms with Gasteiger partial charge in [0.1, 0.15) is 0 Å². The molecule has 1 heterocycles. The minimum atomic E-state index is 0.169. The number of piperazine rings is 1. The van der Waals surface area contributed by atoms with Crippen molar-refractivity contribution in [3.05, 3.63) is 35.4 Å². The van der Waals surface area contributed by atoms with Gasteiger partial charge in [-0.2, -0.15) is 0 Å². The summed E-state index contributed by atoms with van der Waals surface area (Å²) in [6, 6.07) is 8.02. The summed E-state index contributed by atoms with van der Waals surface area (Å²) in [4.78, 5) is 28.2. The summed E-state index contributed by atoms with van der Waals surface area (Å²) in [7, 11) is 0. The van der Waals surface area contributed by atoms with Crippen LogP contribution in [0.25, 0.3) is 0 Å². The molecule has 1 aliphatic heterocycles. The average molecular weight is 286 g/mol. The smallest absolute Gasteiger partial charge is 0.227 e. The SMILES string of the molecule is Cc1ccccc1CC(=O)N1CCN(C(=O)C2CC2)CC1. The van der Waals surface area contributed by atoms with Gasteiger partial charge >= 0.3 is 0 Å². The van der Waals surface area contributed by atoms with E-state index < -0.39 is 0 Å². The summed E-state index contributed by atoms with van der Waals surface area (Å²) in [6.45, 7) is 4.75. The maximum absolute atomic E-state index is 12.4. The van der Waals surface area contributed by atoms with Crippen LogP contribution in [0.1, 0.15) is 24.0 Å². The molecule has 1 aliphatic carbocycles. The molecule has 1 aromatic rings. The zero-order valence-electron chi connectivity index (χ0n) is 12.5. The Morgan fingerprint density at radius 2 is 1.67 bits per heavy atom. The van der Waals surface area contributed by atoms with Gasteiger partial charge in [-0.05, 0) is 30.9 Å². The van der Waals surface area contributed by atoms with Crippen molar-refractivity contribution in [2.75, 3.05) is 26.2 Å². The molecule has 2 amide bonds. The Morgan fingerprint density at radius 1 is 1.05 bits per heavy atom. The normalized spacial score (nSPS) is 18.7. The van der Waals surface area contributed by atoms with Crippen LogP contribution in [0.2, 0.25) is 0 Å². The second kappa shape index (κ2) is 5.88. The van der Waals surface area contributed by atoms with E-state index in [4.69, 9.17) is 0 Å². The number of nitrogens with zero attached hydrogens (tertiary/aromatic N) is 2. The van der Waals surface area contributed by atoms with Crippen LogP contribution in [-0.4, -0.2) is 47.8 Å². The van der Waals surface area contributed by atoms with E-state index in [1.807, 2.05) is 41.0 Å². The van der Waals surface area contributed by atoms with Crippen molar-refractivity contribution in [2.24, 2.45) is 5.92 Å². The second-order valence-electron chi connectivity index (χ2n) is 6.08. The summed E-state index contributed by atoms with van der Waals surface area (Å²) in [5.41, 5.74) is 2.26. The molecule has 0 spiro atoms. The molecule has 4 heteroatoms. The highest BCUT2D eigenvalue weighted by molar-refractivity contribution is 5.82. The first kappa shape index (κ1) is 14.1. The number of amides is 2. The number of hydrogen-bond donors (Lipinski definition) is 0. The zero-order valence-corrected chi connectivity index (χ0v) is 12.5. The van der Waals surface area contributed by atoms with E-state index in [1.165, 1.54) is 0 Å². The fourth-order valence-corrected chi connectivity index (χ4v) is 2.85. The van der Waals surface area contributed by atoms with Crippen molar-refractivity contribution in [3.8, 4) is 0 Å². The Hall–Kier alpha value is -1.84. The number of rotatable bonds is 3. The zero-order chi connectivity index (χ0) is 14.8. The third-order valence-corrected chi connectivity index (χ3v) is 4.47. The van der Waals surface area contributed by atoms with Crippen molar-refractivity contribution >= 4 is 11.8 Å². The summed E-state index contributed by atoms with van der Waals surface area (Å²) in [5, 5.41) is 0. The number of aryl methyl sites for hydroxylation is 1. The van der Waals surface area contributed by atoms with Crippen molar-refractivity contribution < 1.29 is 9.59 Å². The molecule has 0 atom stereocenters. The largest absolute Gasteiger partial charge is 0.339 e. The van der Waals surface area contributed by atoms with Crippen molar-refractivity contribution in [1.82, 2.24) is 9.80 Å². The average Bonchev–Trinajstić information content (AvgIpc) is 3.34. The van der Waals surface area contributed by atoms with Crippen LogP contribution in [0.15, 0.2) is 24.3 Å². The number of benzene rings is 1. The molecule has 4 nitrogen and oxygen atoms in total. The van der Waals surface area contributed by atoms with Gasteiger partial charge in [0.2, 0.25) is 11.8 Å². The van der Waals surface area contributed by atoms with Gasteiger partial charge in [0.05, 0.1) is 6.42 Å². The van der Waals surface area contributed by atoms with Gasteiger partial charge < -0.3 is 9.80 Å². The molecule has 1 aromatic carbocycles. The predicted molar refractivity (Wildman–Crippen MR) is 80.8 cm³/mol. The fourth-order valence-electron chi connectivity index (χ4n) is 2.85. The minimum absolute atomic E-state index is 0.169. The summed E-state index contributed by atoms with van der Waals surface area (Å²) in [5.74, 6) is 0.739. The van der Waals surface area contributed by atoms with Gasteiger partial charge in [0.25, 0.3) is 0 Å². The van der Waals surface area contributed by atoms with E-state index in [0.29, 0.717) is 38.5 Å². The van der Waals surface area contributed by atoms with E-state index in [0.717, 1.165) is 24.0 Å². The minimum Gasteiger partial charge on any atom is -0.339 e. The molecule has 0 aromatic heterocycles. The molecule has 21 heavy (non-hydrogen) atoms. The molecule has 0 bridgehead atoms. The highest BCUT2D eigenvalue weighted by atomic mass is 16.2. The monoisotopic (exact) mass is 286 g/mol. The van der Waals surface area contributed by atoms with Crippen LogP contribution in [0.4, 0.5) is 0 Å². The number of carbonyl (C=O) groups excluding carboxylic acids is 2. The standard InChI is InChI=1S/C17H22N2O2/c1-13-4-2-3-5-15(13)12-16(20)18-8-10-19(11-9-18)17(21)14-6-7-14/h2-5,14H,6-12H2,1H3.